The monoisotopic (exact) mass is 525 g/mol. The fourth-order valence-electron chi connectivity index (χ4n) is 3.02. The number of ether oxygens (including phenoxy) is 2. The Morgan fingerprint density at radius 2 is 2.17 bits per heavy atom. The van der Waals surface area contributed by atoms with Gasteiger partial charge in [0.15, 0.2) is 5.96 Å². The van der Waals surface area contributed by atoms with Crippen LogP contribution in [-0.4, -0.2) is 38.4 Å². The van der Waals surface area contributed by atoms with Gasteiger partial charge in [0.05, 0.1) is 26.0 Å². The standard InChI is InChI=1S/C23H31N3O3.HI/c1-17(2)14-25-23(24-10-8-20-5-4-11-28-20)26-15-19-7-6-18(3)13-22(19)29-21-9-12-27-16-21;/h4-7,11,13,21H,1,8-10,12,14-16H2,2-3H3,(H2,24,25,26);1H. The third-order valence-electron chi connectivity index (χ3n) is 4.61. The van der Waals surface area contributed by atoms with Gasteiger partial charge in [-0.1, -0.05) is 24.3 Å². The predicted octanol–water partition coefficient (Wildman–Crippen LogP) is 4.23. The topological polar surface area (TPSA) is 68.0 Å². The molecule has 2 N–H and O–H groups in total. The fourth-order valence-corrected chi connectivity index (χ4v) is 3.02. The van der Waals surface area contributed by atoms with Crippen LogP contribution < -0.4 is 15.4 Å². The number of halogens is 1. The first kappa shape index (κ1) is 24.3. The summed E-state index contributed by atoms with van der Waals surface area (Å²) in [5.74, 6) is 2.58. The third-order valence-corrected chi connectivity index (χ3v) is 4.61. The number of benzene rings is 1. The number of furan rings is 1. The Labute approximate surface area is 196 Å². The van der Waals surface area contributed by atoms with Crippen LogP contribution in [0.1, 0.15) is 30.2 Å². The minimum Gasteiger partial charge on any atom is -0.488 e. The summed E-state index contributed by atoms with van der Waals surface area (Å²) in [6.07, 6.45) is 3.53. The van der Waals surface area contributed by atoms with Gasteiger partial charge in [-0.15, -0.1) is 24.0 Å². The van der Waals surface area contributed by atoms with E-state index >= 15 is 0 Å². The van der Waals surface area contributed by atoms with Crippen LogP contribution in [-0.2, 0) is 17.7 Å². The maximum Gasteiger partial charge on any atom is 0.191 e. The average Bonchev–Trinajstić information content (AvgIpc) is 3.39. The normalized spacial score (nSPS) is 16.1. The number of hydrogen-bond acceptors (Lipinski definition) is 4. The first-order chi connectivity index (χ1) is 14.1. The molecule has 30 heavy (non-hydrogen) atoms. The van der Waals surface area contributed by atoms with E-state index in [2.05, 4.69) is 42.3 Å². The minimum absolute atomic E-state index is 0. The molecule has 2 aromatic rings. The van der Waals surface area contributed by atoms with E-state index in [1.807, 2.05) is 19.1 Å². The number of aliphatic imine (C=N–C) groups is 1. The van der Waals surface area contributed by atoms with Gasteiger partial charge in [0, 0.05) is 31.5 Å². The Balaban J connectivity index is 0.00000320. The van der Waals surface area contributed by atoms with Crippen LogP contribution in [0.3, 0.4) is 0 Å². The van der Waals surface area contributed by atoms with Gasteiger partial charge < -0.3 is 24.5 Å². The highest BCUT2D eigenvalue weighted by atomic mass is 127. The first-order valence-corrected chi connectivity index (χ1v) is 10.1. The lowest BCUT2D eigenvalue weighted by Gasteiger charge is -2.16. The van der Waals surface area contributed by atoms with E-state index < -0.39 is 0 Å². The van der Waals surface area contributed by atoms with Crippen molar-refractivity contribution in [2.24, 2.45) is 4.99 Å². The van der Waals surface area contributed by atoms with E-state index in [9.17, 15) is 0 Å². The Hall–Kier alpha value is -2.00. The van der Waals surface area contributed by atoms with Crippen LogP contribution in [0.2, 0.25) is 0 Å². The highest BCUT2D eigenvalue weighted by Crippen LogP contribution is 2.24. The Bertz CT molecular complexity index is 815. The molecule has 0 spiro atoms. The van der Waals surface area contributed by atoms with Crippen molar-refractivity contribution in [3.05, 3.63) is 65.6 Å². The molecule has 1 aliphatic rings. The van der Waals surface area contributed by atoms with Gasteiger partial charge in [0.1, 0.15) is 17.6 Å². The molecule has 164 valence electrons. The molecule has 1 fully saturated rings. The minimum atomic E-state index is 0. The van der Waals surface area contributed by atoms with Crippen molar-refractivity contribution in [2.45, 2.75) is 39.3 Å². The number of rotatable bonds is 9. The maximum absolute atomic E-state index is 6.19. The number of nitrogens with one attached hydrogen (secondary N) is 2. The van der Waals surface area contributed by atoms with E-state index in [4.69, 9.17) is 18.9 Å². The summed E-state index contributed by atoms with van der Waals surface area (Å²) >= 11 is 0. The summed E-state index contributed by atoms with van der Waals surface area (Å²) in [5.41, 5.74) is 3.28. The molecule has 1 saturated heterocycles. The van der Waals surface area contributed by atoms with Crippen molar-refractivity contribution >= 4 is 29.9 Å². The molecule has 7 heteroatoms. The van der Waals surface area contributed by atoms with Crippen molar-refractivity contribution in [1.82, 2.24) is 10.6 Å². The van der Waals surface area contributed by atoms with Crippen LogP contribution in [0, 0.1) is 6.92 Å². The summed E-state index contributed by atoms with van der Waals surface area (Å²) in [5, 5.41) is 6.69. The molecule has 3 rings (SSSR count). The van der Waals surface area contributed by atoms with Crippen molar-refractivity contribution in [2.75, 3.05) is 26.3 Å². The number of nitrogens with zero attached hydrogens (tertiary/aromatic N) is 1. The van der Waals surface area contributed by atoms with E-state index in [0.717, 1.165) is 54.6 Å². The molecule has 0 radical (unpaired) electrons. The molecule has 2 heterocycles. The molecule has 1 aromatic heterocycles. The molecule has 6 nitrogen and oxygen atoms in total. The van der Waals surface area contributed by atoms with Crippen molar-refractivity contribution in [3.63, 3.8) is 0 Å². The van der Waals surface area contributed by atoms with E-state index in [0.29, 0.717) is 19.7 Å². The van der Waals surface area contributed by atoms with Gasteiger partial charge in [-0.2, -0.15) is 0 Å². The van der Waals surface area contributed by atoms with Crippen molar-refractivity contribution < 1.29 is 13.9 Å². The van der Waals surface area contributed by atoms with Gasteiger partial charge in [-0.25, -0.2) is 4.99 Å². The molecular formula is C23H32IN3O3. The predicted molar refractivity (Wildman–Crippen MR) is 131 cm³/mol. The lowest BCUT2D eigenvalue weighted by Crippen LogP contribution is -2.39. The summed E-state index contributed by atoms with van der Waals surface area (Å²) in [4.78, 5) is 4.76. The summed E-state index contributed by atoms with van der Waals surface area (Å²) < 4.78 is 17.0. The molecule has 1 aliphatic heterocycles. The second kappa shape index (κ2) is 12.6. The Morgan fingerprint density at radius 3 is 2.87 bits per heavy atom. The zero-order valence-electron chi connectivity index (χ0n) is 17.8. The average molecular weight is 525 g/mol. The van der Waals surface area contributed by atoms with Crippen molar-refractivity contribution in [1.29, 1.82) is 0 Å². The van der Waals surface area contributed by atoms with Gasteiger partial charge in [0.2, 0.25) is 0 Å². The lowest BCUT2D eigenvalue weighted by atomic mass is 10.1. The Morgan fingerprint density at radius 1 is 1.30 bits per heavy atom. The highest BCUT2D eigenvalue weighted by molar-refractivity contribution is 14.0. The van der Waals surface area contributed by atoms with Gasteiger partial charge >= 0.3 is 0 Å². The van der Waals surface area contributed by atoms with E-state index in [-0.39, 0.29) is 30.1 Å². The quantitative estimate of drug-likeness (QED) is 0.222. The van der Waals surface area contributed by atoms with E-state index in [1.165, 1.54) is 5.56 Å². The zero-order chi connectivity index (χ0) is 20.5. The lowest BCUT2D eigenvalue weighted by molar-refractivity contribution is 0.140. The summed E-state index contributed by atoms with van der Waals surface area (Å²) in [6.45, 7) is 11.3. The van der Waals surface area contributed by atoms with E-state index in [1.54, 1.807) is 6.26 Å². The third kappa shape index (κ3) is 8.02. The second-order valence-electron chi connectivity index (χ2n) is 7.45. The summed E-state index contributed by atoms with van der Waals surface area (Å²) in [7, 11) is 0. The molecule has 0 bridgehead atoms. The zero-order valence-corrected chi connectivity index (χ0v) is 20.1. The van der Waals surface area contributed by atoms with Crippen LogP contribution in [0.15, 0.2) is 58.2 Å². The van der Waals surface area contributed by atoms with Crippen LogP contribution in [0.25, 0.3) is 0 Å². The van der Waals surface area contributed by atoms with Gasteiger partial charge in [-0.05, 0) is 37.6 Å². The van der Waals surface area contributed by atoms with Crippen LogP contribution >= 0.6 is 24.0 Å². The Kier molecular flexibility index (Phi) is 10.2. The van der Waals surface area contributed by atoms with Crippen LogP contribution in [0.5, 0.6) is 5.75 Å². The molecule has 1 atom stereocenters. The maximum atomic E-state index is 6.19. The SMILES string of the molecule is C=C(C)CNC(=NCc1ccc(C)cc1OC1CCOC1)NCCc1ccco1.I. The molecule has 0 amide bonds. The molecule has 1 aromatic carbocycles. The molecular weight excluding hydrogens is 493 g/mol. The molecule has 1 unspecified atom stereocenters. The molecule has 0 saturated carbocycles. The number of aryl methyl sites for hydroxylation is 1. The van der Waals surface area contributed by atoms with Gasteiger partial charge in [-0.3, -0.25) is 0 Å². The summed E-state index contributed by atoms with van der Waals surface area (Å²) in [6, 6.07) is 10.1. The largest absolute Gasteiger partial charge is 0.488 e. The first-order valence-electron chi connectivity index (χ1n) is 10.1. The fraction of sp³-hybridized carbons (Fsp3) is 0.435. The molecule has 0 aliphatic carbocycles. The second-order valence-corrected chi connectivity index (χ2v) is 7.45. The van der Waals surface area contributed by atoms with Crippen molar-refractivity contribution in [3.8, 4) is 5.75 Å². The number of guanidine groups is 1. The number of hydrogen-bond donors (Lipinski definition) is 2. The smallest absolute Gasteiger partial charge is 0.191 e. The van der Waals surface area contributed by atoms with Gasteiger partial charge in [0.25, 0.3) is 0 Å². The van der Waals surface area contributed by atoms with Crippen LogP contribution in [0.4, 0.5) is 0 Å². The highest BCUT2D eigenvalue weighted by Gasteiger charge is 2.18.